The molecule has 0 aliphatic rings. The molecule has 0 rings (SSSR count). The van der Waals surface area contributed by atoms with Gasteiger partial charge in [0.1, 0.15) is 6.10 Å². The van der Waals surface area contributed by atoms with Crippen molar-refractivity contribution >= 4 is 11.9 Å². The zero-order valence-electron chi connectivity index (χ0n) is 14.7. The van der Waals surface area contributed by atoms with E-state index in [4.69, 9.17) is 4.74 Å². The Morgan fingerprint density at radius 2 is 1.41 bits per heavy atom. The summed E-state index contributed by atoms with van der Waals surface area (Å²) in [6, 6.07) is 0. The van der Waals surface area contributed by atoms with Crippen LogP contribution in [0.4, 0.5) is 0 Å². The van der Waals surface area contributed by atoms with E-state index in [1.165, 1.54) is 51.9 Å². The van der Waals surface area contributed by atoms with Gasteiger partial charge in [0.25, 0.3) is 0 Å². The largest absolute Gasteiger partial charge is 0.460 e. The third-order valence-corrected chi connectivity index (χ3v) is 3.68. The van der Waals surface area contributed by atoms with Crippen molar-refractivity contribution in [2.75, 3.05) is 6.61 Å². The van der Waals surface area contributed by atoms with Crippen LogP contribution in [-0.4, -0.2) is 24.6 Å². The number of rotatable bonds is 14. The van der Waals surface area contributed by atoms with Crippen molar-refractivity contribution in [3.63, 3.8) is 0 Å². The Kier molecular flexibility index (Phi) is 14.1. The normalized spacial score (nSPS) is 12.0. The van der Waals surface area contributed by atoms with Crippen LogP contribution in [0.2, 0.25) is 0 Å². The first-order valence-electron chi connectivity index (χ1n) is 8.93. The molecule has 1 atom stereocenters. The van der Waals surface area contributed by atoms with Crippen molar-refractivity contribution < 1.29 is 19.1 Å². The molecule has 0 N–H and O–H groups in total. The van der Waals surface area contributed by atoms with E-state index in [-0.39, 0.29) is 12.7 Å². The molecule has 0 heterocycles. The second-order valence-electron chi connectivity index (χ2n) is 5.94. The minimum atomic E-state index is -0.452. The molecule has 0 radical (unpaired) electrons. The lowest BCUT2D eigenvalue weighted by molar-refractivity contribution is -0.161. The van der Waals surface area contributed by atoms with Gasteiger partial charge in [-0.05, 0) is 19.3 Å². The maximum atomic E-state index is 11.6. The molecule has 0 spiro atoms. The molecule has 0 amide bonds. The van der Waals surface area contributed by atoms with E-state index < -0.39 is 11.9 Å². The molecule has 22 heavy (non-hydrogen) atoms. The van der Waals surface area contributed by atoms with Crippen LogP contribution in [0.3, 0.4) is 0 Å². The molecule has 0 saturated heterocycles. The SMILES string of the molecule is CCCCCCCCCCC(CCC)OC(=O)COC(C)=O. The standard InChI is InChI=1S/C18H34O4/c1-4-6-7-8-9-10-11-12-14-17(13-5-2)22-18(20)15-21-16(3)19/h17H,4-15H2,1-3H3. The van der Waals surface area contributed by atoms with Crippen molar-refractivity contribution in [3.05, 3.63) is 0 Å². The van der Waals surface area contributed by atoms with Crippen LogP contribution in [0.5, 0.6) is 0 Å². The maximum absolute atomic E-state index is 11.6. The van der Waals surface area contributed by atoms with E-state index in [2.05, 4.69) is 18.6 Å². The molecule has 0 aromatic rings. The first-order valence-corrected chi connectivity index (χ1v) is 8.93. The molecule has 0 fully saturated rings. The molecule has 130 valence electrons. The van der Waals surface area contributed by atoms with E-state index in [0.717, 1.165) is 25.7 Å². The lowest BCUT2D eigenvalue weighted by atomic mass is 10.0. The van der Waals surface area contributed by atoms with Crippen molar-refractivity contribution in [3.8, 4) is 0 Å². The Morgan fingerprint density at radius 3 is 1.95 bits per heavy atom. The quantitative estimate of drug-likeness (QED) is 0.341. The van der Waals surface area contributed by atoms with Crippen LogP contribution in [-0.2, 0) is 19.1 Å². The monoisotopic (exact) mass is 314 g/mol. The average molecular weight is 314 g/mol. The number of ether oxygens (including phenoxy) is 2. The molecule has 0 saturated carbocycles. The molecule has 0 aromatic carbocycles. The zero-order valence-corrected chi connectivity index (χ0v) is 14.7. The van der Waals surface area contributed by atoms with Crippen molar-refractivity contribution in [2.24, 2.45) is 0 Å². The van der Waals surface area contributed by atoms with E-state index in [1.54, 1.807) is 0 Å². The molecular formula is C18H34O4. The highest BCUT2D eigenvalue weighted by Crippen LogP contribution is 2.15. The van der Waals surface area contributed by atoms with Gasteiger partial charge in [0.05, 0.1) is 0 Å². The lowest BCUT2D eigenvalue weighted by Gasteiger charge is -2.17. The van der Waals surface area contributed by atoms with E-state index in [9.17, 15) is 9.59 Å². The van der Waals surface area contributed by atoms with Gasteiger partial charge < -0.3 is 9.47 Å². The van der Waals surface area contributed by atoms with Crippen molar-refractivity contribution in [1.29, 1.82) is 0 Å². The summed E-state index contributed by atoms with van der Waals surface area (Å²) < 4.78 is 10.0. The number of esters is 2. The first kappa shape index (κ1) is 20.9. The summed E-state index contributed by atoms with van der Waals surface area (Å²) in [6.45, 7) is 5.33. The van der Waals surface area contributed by atoms with Gasteiger partial charge in [-0.1, -0.05) is 65.2 Å². The van der Waals surface area contributed by atoms with E-state index >= 15 is 0 Å². The van der Waals surface area contributed by atoms with Gasteiger partial charge in [0.2, 0.25) is 0 Å². The number of hydrogen-bond donors (Lipinski definition) is 0. The fraction of sp³-hybridized carbons (Fsp3) is 0.889. The molecule has 0 aliphatic carbocycles. The van der Waals surface area contributed by atoms with Crippen LogP contribution >= 0.6 is 0 Å². The fourth-order valence-corrected chi connectivity index (χ4v) is 2.47. The predicted molar refractivity (Wildman–Crippen MR) is 88.6 cm³/mol. The Labute approximate surface area is 135 Å². The van der Waals surface area contributed by atoms with Crippen LogP contribution in [0.15, 0.2) is 0 Å². The van der Waals surface area contributed by atoms with E-state index in [0.29, 0.717) is 0 Å². The van der Waals surface area contributed by atoms with Gasteiger partial charge in [-0.15, -0.1) is 0 Å². The summed E-state index contributed by atoms with van der Waals surface area (Å²) in [4.78, 5) is 22.2. The predicted octanol–water partition coefficient (Wildman–Crippen LogP) is 4.79. The first-order chi connectivity index (χ1) is 10.6. The average Bonchev–Trinajstić information content (AvgIpc) is 2.48. The van der Waals surface area contributed by atoms with Crippen molar-refractivity contribution in [1.82, 2.24) is 0 Å². The highest BCUT2D eigenvalue weighted by Gasteiger charge is 2.14. The highest BCUT2D eigenvalue weighted by molar-refractivity contribution is 5.75. The van der Waals surface area contributed by atoms with Crippen LogP contribution in [0.1, 0.15) is 91.4 Å². The van der Waals surface area contributed by atoms with Gasteiger partial charge in [-0.25, -0.2) is 4.79 Å². The summed E-state index contributed by atoms with van der Waals surface area (Å²) in [5, 5.41) is 0. The Balaban J connectivity index is 3.71. The second-order valence-corrected chi connectivity index (χ2v) is 5.94. The molecule has 1 unspecified atom stereocenters. The third kappa shape index (κ3) is 13.9. The summed E-state index contributed by atoms with van der Waals surface area (Å²) in [7, 11) is 0. The van der Waals surface area contributed by atoms with Gasteiger partial charge in [0.15, 0.2) is 6.61 Å². The van der Waals surface area contributed by atoms with E-state index in [1.807, 2.05) is 0 Å². The minimum absolute atomic E-state index is 0.0341. The molecule has 4 heteroatoms. The number of carbonyl (C=O) groups is 2. The van der Waals surface area contributed by atoms with Gasteiger partial charge >= 0.3 is 11.9 Å². The Morgan fingerprint density at radius 1 is 0.818 bits per heavy atom. The van der Waals surface area contributed by atoms with Gasteiger partial charge in [-0.2, -0.15) is 0 Å². The lowest BCUT2D eigenvalue weighted by Crippen LogP contribution is -2.22. The van der Waals surface area contributed by atoms with Crippen molar-refractivity contribution in [2.45, 2.75) is 97.5 Å². The second kappa shape index (κ2) is 14.9. The molecule has 0 aliphatic heterocycles. The number of unbranched alkanes of at least 4 members (excludes halogenated alkanes) is 7. The Hall–Kier alpha value is -1.06. The topological polar surface area (TPSA) is 52.6 Å². The molecule has 0 bridgehead atoms. The zero-order chi connectivity index (χ0) is 16.6. The number of hydrogen-bond acceptors (Lipinski definition) is 4. The summed E-state index contributed by atoms with van der Waals surface area (Å²) in [5.74, 6) is -0.889. The molecular weight excluding hydrogens is 280 g/mol. The third-order valence-electron chi connectivity index (χ3n) is 3.68. The highest BCUT2D eigenvalue weighted by atomic mass is 16.6. The molecule has 4 nitrogen and oxygen atoms in total. The van der Waals surface area contributed by atoms with Crippen LogP contribution in [0.25, 0.3) is 0 Å². The Bertz CT molecular complexity index is 289. The smallest absolute Gasteiger partial charge is 0.344 e. The van der Waals surface area contributed by atoms with Gasteiger partial charge in [0, 0.05) is 6.92 Å². The maximum Gasteiger partial charge on any atom is 0.344 e. The molecule has 0 aromatic heterocycles. The van der Waals surface area contributed by atoms with Crippen LogP contribution in [0, 0.1) is 0 Å². The minimum Gasteiger partial charge on any atom is -0.460 e. The fourth-order valence-electron chi connectivity index (χ4n) is 2.47. The summed E-state index contributed by atoms with van der Waals surface area (Å²) >= 11 is 0. The summed E-state index contributed by atoms with van der Waals surface area (Å²) in [6.07, 6.45) is 12.9. The number of carbonyl (C=O) groups excluding carboxylic acids is 2. The summed E-state index contributed by atoms with van der Waals surface area (Å²) in [5.41, 5.74) is 0. The van der Waals surface area contributed by atoms with Crippen LogP contribution < -0.4 is 0 Å². The van der Waals surface area contributed by atoms with Gasteiger partial charge in [-0.3, -0.25) is 4.79 Å².